The molecule has 1 N–H and O–H groups in total. The smallest absolute Gasteiger partial charge is 0.412 e. The topological polar surface area (TPSA) is 85.7 Å². The fraction of sp³-hybridized carbons (Fsp3) is 0.688. The molecule has 0 atom stereocenters. The lowest BCUT2D eigenvalue weighted by molar-refractivity contribution is -0.119. The summed E-state index contributed by atoms with van der Waals surface area (Å²) in [5.41, 5.74) is -0.100. The quantitative estimate of drug-likeness (QED) is 0.833. The molecule has 0 aliphatic carbocycles. The second kappa shape index (κ2) is 7.65. The Morgan fingerprint density at radius 1 is 1.33 bits per heavy atom. The number of anilines is 2. The standard InChI is InChI=1S/C16H26N4O4/c1-16(2,3)24-15(22)18-12-11-17-20-9-6-8-19(14(12)20)13(21)7-5-10-23-4/h11H,5-10H2,1-4H3,(H,18,22). The fourth-order valence-electron chi connectivity index (χ4n) is 2.56. The summed E-state index contributed by atoms with van der Waals surface area (Å²) < 4.78 is 12.0. The maximum absolute atomic E-state index is 12.5. The van der Waals surface area contributed by atoms with E-state index in [1.807, 2.05) is 0 Å². The van der Waals surface area contributed by atoms with Crippen molar-refractivity contribution < 1.29 is 19.1 Å². The van der Waals surface area contributed by atoms with E-state index in [1.54, 1.807) is 43.7 Å². The normalized spacial score (nSPS) is 14.2. The zero-order chi connectivity index (χ0) is 17.7. The second-order valence-corrected chi connectivity index (χ2v) is 6.73. The van der Waals surface area contributed by atoms with Gasteiger partial charge in [0, 0.05) is 33.2 Å². The summed E-state index contributed by atoms with van der Waals surface area (Å²) in [7, 11) is 1.61. The Hall–Kier alpha value is -2.09. The summed E-state index contributed by atoms with van der Waals surface area (Å²) in [4.78, 5) is 26.2. The number of nitrogens with one attached hydrogen (secondary N) is 1. The van der Waals surface area contributed by atoms with Gasteiger partial charge in [-0.15, -0.1) is 0 Å². The summed E-state index contributed by atoms with van der Waals surface area (Å²) in [5, 5.41) is 6.96. The molecule has 2 heterocycles. The van der Waals surface area contributed by atoms with Gasteiger partial charge in [0.15, 0.2) is 5.82 Å². The largest absolute Gasteiger partial charge is 0.444 e. The average Bonchev–Trinajstić information content (AvgIpc) is 2.88. The lowest BCUT2D eigenvalue weighted by Crippen LogP contribution is -2.38. The number of nitrogens with zero attached hydrogens (tertiary/aromatic N) is 3. The van der Waals surface area contributed by atoms with Gasteiger partial charge in [-0.3, -0.25) is 15.0 Å². The van der Waals surface area contributed by atoms with Crippen molar-refractivity contribution in [1.29, 1.82) is 0 Å². The number of methoxy groups -OCH3 is 1. The first-order valence-electron chi connectivity index (χ1n) is 8.17. The minimum atomic E-state index is -0.590. The maximum atomic E-state index is 12.5. The predicted molar refractivity (Wildman–Crippen MR) is 90.2 cm³/mol. The Labute approximate surface area is 142 Å². The molecular weight excluding hydrogens is 312 g/mol. The molecule has 0 saturated heterocycles. The summed E-state index contributed by atoms with van der Waals surface area (Å²) in [6.07, 6.45) is 2.88. The molecule has 0 saturated carbocycles. The highest BCUT2D eigenvalue weighted by atomic mass is 16.6. The number of ether oxygens (including phenoxy) is 2. The van der Waals surface area contributed by atoms with Gasteiger partial charge in [-0.05, 0) is 33.6 Å². The SMILES string of the molecule is COCCCC(=O)N1CCCn2ncc(NC(=O)OC(C)(C)C)c21. The minimum Gasteiger partial charge on any atom is -0.444 e. The van der Waals surface area contributed by atoms with Crippen LogP contribution in [0.5, 0.6) is 0 Å². The highest BCUT2D eigenvalue weighted by Crippen LogP contribution is 2.30. The van der Waals surface area contributed by atoms with E-state index in [9.17, 15) is 9.59 Å². The van der Waals surface area contributed by atoms with Gasteiger partial charge in [0.1, 0.15) is 11.3 Å². The highest BCUT2D eigenvalue weighted by Gasteiger charge is 2.28. The van der Waals surface area contributed by atoms with Gasteiger partial charge in [-0.1, -0.05) is 0 Å². The van der Waals surface area contributed by atoms with E-state index >= 15 is 0 Å². The molecule has 0 fully saturated rings. The van der Waals surface area contributed by atoms with E-state index in [0.29, 0.717) is 44.0 Å². The number of aromatic nitrogens is 2. The third-order valence-corrected chi connectivity index (χ3v) is 3.49. The van der Waals surface area contributed by atoms with Crippen LogP contribution in [0.2, 0.25) is 0 Å². The van der Waals surface area contributed by atoms with Crippen molar-refractivity contribution in [2.75, 3.05) is 30.5 Å². The van der Waals surface area contributed by atoms with Crippen LogP contribution in [0.4, 0.5) is 16.3 Å². The number of carbonyl (C=O) groups excluding carboxylic acids is 2. The second-order valence-electron chi connectivity index (χ2n) is 6.73. The molecule has 24 heavy (non-hydrogen) atoms. The molecule has 0 radical (unpaired) electrons. The Morgan fingerprint density at radius 3 is 2.75 bits per heavy atom. The van der Waals surface area contributed by atoms with Crippen molar-refractivity contribution in [2.24, 2.45) is 0 Å². The maximum Gasteiger partial charge on any atom is 0.412 e. The van der Waals surface area contributed by atoms with E-state index < -0.39 is 11.7 Å². The van der Waals surface area contributed by atoms with Crippen LogP contribution in [-0.4, -0.2) is 47.6 Å². The summed E-state index contributed by atoms with van der Waals surface area (Å²) in [6, 6.07) is 0. The van der Waals surface area contributed by atoms with Gasteiger partial charge >= 0.3 is 6.09 Å². The minimum absolute atomic E-state index is 0.000684. The number of hydrogen-bond donors (Lipinski definition) is 1. The molecule has 1 aliphatic rings. The van der Waals surface area contributed by atoms with Crippen LogP contribution in [0.3, 0.4) is 0 Å². The molecule has 2 amide bonds. The van der Waals surface area contributed by atoms with Crippen molar-refractivity contribution in [1.82, 2.24) is 9.78 Å². The molecular formula is C16H26N4O4. The number of hydrogen-bond acceptors (Lipinski definition) is 5. The number of rotatable bonds is 5. The van der Waals surface area contributed by atoms with Crippen molar-refractivity contribution >= 4 is 23.5 Å². The van der Waals surface area contributed by atoms with E-state index in [1.165, 1.54) is 0 Å². The summed E-state index contributed by atoms with van der Waals surface area (Å²) in [5.74, 6) is 0.621. The Bertz CT molecular complexity index is 591. The predicted octanol–water partition coefficient (Wildman–Crippen LogP) is 2.39. The monoisotopic (exact) mass is 338 g/mol. The number of fused-ring (bicyclic) bond motifs is 1. The molecule has 0 aromatic carbocycles. The lowest BCUT2D eigenvalue weighted by Gasteiger charge is -2.29. The Balaban J connectivity index is 2.12. The molecule has 1 aromatic heterocycles. The Kier molecular flexibility index (Phi) is 5.82. The van der Waals surface area contributed by atoms with E-state index in [0.717, 1.165) is 6.42 Å². The molecule has 0 spiro atoms. The van der Waals surface area contributed by atoms with Crippen LogP contribution in [0.25, 0.3) is 0 Å². The summed E-state index contributed by atoms with van der Waals surface area (Å²) >= 11 is 0. The lowest BCUT2D eigenvalue weighted by atomic mass is 10.2. The fourth-order valence-corrected chi connectivity index (χ4v) is 2.56. The average molecular weight is 338 g/mol. The zero-order valence-electron chi connectivity index (χ0n) is 14.8. The molecule has 8 heteroatoms. The molecule has 1 aliphatic heterocycles. The number of aryl methyl sites for hydroxylation is 1. The zero-order valence-corrected chi connectivity index (χ0v) is 14.8. The van der Waals surface area contributed by atoms with Crippen LogP contribution in [-0.2, 0) is 20.8 Å². The molecule has 0 bridgehead atoms. The molecule has 134 valence electrons. The van der Waals surface area contributed by atoms with Gasteiger partial charge < -0.3 is 9.47 Å². The van der Waals surface area contributed by atoms with Crippen LogP contribution in [0.15, 0.2) is 6.20 Å². The summed E-state index contributed by atoms with van der Waals surface area (Å²) in [6.45, 7) is 7.26. The molecule has 0 unspecified atom stereocenters. The Morgan fingerprint density at radius 2 is 2.08 bits per heavy atom. The number of carbonyl (C=O) groups is 2. The van der Waals surface area contributed by atoms with E-state index in [4.69, 9.17) is 9.47 Å². The van der Waals surface area contributed by atoms with Crippen LogP contribution in [0, 0.1) is 0 Å². The van der Waals surface area contributed by atoms with Gasteiger partial charge in [-0.2, -0.15) is 5.10 Å². The van der Waals surface area contributed by atoms with Crippen molar-refractivity contribution in [3.8, 4) is 0 Å². The molecule has 1 aromatic rings. The van der Waals surface area contributed by atoms with Gasteiger partial charge in [0.2, 0.25) is 5.91 Å². The van der Waals surface area contributed by atoms with Gasteiger partial charge in [0.25, 0.3) is 0 Å². The first-order valence-corrected chi connectivity index (χ1v) is 8.17. The third kappa shape index (κ3) is 4.70. The highest BCUT2D eigenvalue weighted by molar-refractivity contribution is 5.98. The van der Waals surface area contributed by atoms with Gasteiger partial charge in [0.05, 0.1) is 6.20 Å². The van der Waals surface area contributed by atoms with Gasteiger partial charge in [-0.25, -0.2) is 9.48 Å². The first kappa shape index (κ1) is 18.3. The van der Waals surface area contributed by atoms with Crippen LogP contribution in [0.1, 0.15) is 40.0 Å². The van der Waals surface area contributed by atoms with Crippen molar-refractivity contribution in [2.45, 2.75) is 52.2 Å². The number of amides is 2. The third-order valence-electron chi connectivity index (χ3n) is 3.49. The molecule has 8 nitrogen and oxygen atoms in total. The van der Waals surface area contributed by atoms with Crippen LogP contribution >= 0.6 is 0 Å². The first-order chi connectivity index (χ1) is 11.3. The van der Waals surface area contributed by atoms with Crippen LogP contribution < -0.4 is 10.2 Å². The van der Waals surface area contributed by atoms with E-state index in [-0.39, 0.29) is 5.91 Å². The molecule has 2 rings (SSSR count). The van der Waals surface area contributed by atoms with Crippen molar-refractivity contribution in [3.63, 3.8) is 0 Å². The van der Waals surface area contributed by atoms with Crippen molar-refractivity contribution in [3.05, 3.63) is 6.20 Å². The van der Waals surface area contributed by atoms with E-state index in [2.05, 4.69) is 10.4 Å².